The minimum absolute atomic E-state index is 0.0324. The van der Waals surface area contributed by atoms with Crippen LogP contribution in [0.15, 0.2) is 46.4 Å². The summed E-state index contributed by atoms with van der Waals surface area (Å²) in [7, 11) is 0. The zero-order chi connectivity index (χ0) is 14.5. The fourth-order valence-corrected chi connectivity index (χ4v) is 1.62. The third-order valence-corrected chi connectivity index (χ3v) is 2.61. The number of amides is 1. The van der Waals surface area contributed by atoms with Crippen molar-refractivity contribution in [3.8, 4) is 23.5 Å². The van der Waals surface area contributed by atoms with Crippen LogP contribution < -0.4 is 5.73 Å². The van der Waals surface area contributed by atoms with Gasteiger partial charge in [-0.15, -0.1) is 0 Å². The molecule has 5 heteroatoms. The molecule has 20 heavy (non-hydrogen) atoms. The summed E-state index contributed by atoms with van der Waals surface area (Å²) >= 11 is 0. The number of nitrogens with two attached hydrogens (primary N) is 1. The molecule has 0 saturated carbocycles. The molecule has 0 fully saturated rings. The molecule has 1 heterocycles. The molecular formula is C15H9N3O2. The second-order valence-corrected chi connectivity index (χ2v) is 3.93. The molecule has 0 saturated heterocycles. The molecular weight excluding hydrogens is 254 g/mol. The van der Waals surface area contributed by atoms with Gasteiger partial charge < -0.3 is 10.2 Å². The maximum Gasteiger partial charge on any atom is 0.248 e. The first-order chi connectivity index (χ1) is 9.63. The van der Waals surface area contributed by atoms with Crippen LogP contribution in [0.5, 0.6) is 0 Å². The summed E-state index contributed by atoms with van der Waals surface area (Å²) in [5, 5.41) is 17.3. The highest BCUT2D eigenvalue weighted by Gasteiger charge is 2.06. The van der Waals surface area contributed by atoms with Gasteiger partial charge >= 0.3 is 0 Å². The smallest absolute Gasteiger partial charge is 0.248 e. The lowest BCUT2D eigenvalue weighted by molar-refractivity contribution is 0.100. The molecule has 0 spiro atoms. The van der Waals surface area contributed by atoms with Gasteiger partial charge in [0, 0.05) is 17.2 Å². The Labute approximate surface area is 115 Å². The number of hydrogen-bond acceptors (Lipinski definition) is 4. The van der Waals surface area contributed by atoms with Gasteiger partial charge in [-0.25, -0.2) is 0 Å². The van der Waals surface area contributed by atoms with Crippen LogP contribution in [0.3, 0.4) is 0 Å². The van der Waals surface area contributed by atoms with Gasteiger partial charge in [-0.1, -0.05) is 12.1 Å². The molecule has 2 N–H and O–H groups in total. The van der Waals surface area contributed by atoms with E-state index in [0.717, 1.165) is 5.56 Å². The Morgan fingerprint density at radius 3 is 2.30 bits per heavy atom. The number of hydrogen-bond donors (Lipinski definition) is 1. The molecule has 0 aliphatic heterocycles. The van der Waals surface area contributed by atoms with E-state index in [4.69, 9.17) is 20.7 Å². The van der Waals surface area contributed by atoms with Crippen molar-refractivity contribution in [2.45, 2.75) is 0 Å². The van der Waals surface area contributed by atoms with Crippen LogP contribution in [0.4, 0.5) is 0 Å². The van der Waals surface area contributed by atoms with Crippen molar-refractivity contribution in [3.05, 3.63) is 53.3 Å². The Morgan fingerprint density at radius 2 is 1.75 bits per heavy atom. The fourth-order valence-electron chi connectivity index (χ4n) is 1.62. The molecule has 2 rings (SSSR count). The number of benzene rings is 1. The summed E-state index contributed by atoms with van der Waals surface area (Å²) in [4.78, 5) is 11.0. The van der Waals surface area contributed by atoms with Crippen molar-refractivity contribution in [3.63, 3.8) is 0 Å². The minimum Gasteiger partial charge on any atom is -0.457 e. The Hall–Kier alpha value is -3.31. The molecule has 1 aromatic heterocycles. The third-order valence-electron chi connectivity index (χ3n) is 2.61. The van der Waals surface area contributed by atoms with E-state index in [1.807, 2.05) is 0 Å². The van der Waals surface area contributed by atoms with Crippen molar-refractivity contribution in [2.75, 3.05) is 0 Å². The molecule has 0 atom stereocenters. The van der Waals surface area contributed by atoms with E-state index in [1.165, 1.54) is 6.08 Å². The van der Waals surface area contributed by atoms with Crippen molar-refractivity contribution < 1.29 is 9.21 Å². The number of allylic oxidation sites excluding steroid dienone is 1. The van der Waals surface area contributed by atoms with Crippen molar-refractivity contribution >= 4 is 12.0 Å². The maximum absolute atomic E-state index is 11.0. The summed E-state index contributed by atoms with van der Waals surface area (Å²) in [6, 6.07) is 13.5. The van der Waals surface area contributed by atoms with E-state index in [0.29, 0.717) is 17.1 Å². The van der Waals surface area contributed by atoms with E-state index >= 15 is 0 Å². The monoisotopic (exact) mass is 263 g/mol. The van der Waals surface area contributed by atoms with Gasteiger partial charge in [0.1, 0.15) is 29.2 Å². The van der Waals surface area contributed by atoms with Gasteiger partial charge in [-0.05, 0) is 24.3 Å². The van der Waals surface area contributed by atoms with Crippen LogP contribution in [0.1, 0.15) is 16.1 Å². The highest BCUT2D eigenvalue weighted by Crippen LogP contribution is 2.23. The number of carbonyl (C=O) groups excluding carboxylic acids is 1. The summed E-state index contributed by atoms with van der Waals surface area (Å²) in [6.07, 6.45) is 1.36. The first kappa shape index (κ1) is 13.1. The number of rotatable bonds is 3. The Bertz CT molecular complexity index is 740. The number of furan rings is 1. The van der Waals surface area contributed by atoms with Crippen LogP contribution in [-0.2, 0) is 0 Å². The summed E-state index contributed by atoms with van der Waals surface area (Å²) in [5.41, 5.74) is 6.31. The van der Waals surface area contributed by atoms with Crippen LogP contribution in [0.2, 0.25) is 0 Å². The third kappa shape index (κ3) is 2.74. The molecule has 0 aliphatic carbocycles. The van der Waals surface area contributed by atoms with Gasteiger partial charge in [0.2, 0.25) is 5.91 Å². The van der Waals surface area contributed by atoms with Crippen molar-refractivity contribution in [1.82, 2.24) is 0 Å². The summed E-state index contributed by atoms with van der Waals surface area (Å²) in [5.74, 6) is 0.492. The highest BCUT2D eigenvalue weighted by atomic mass is 16.3. The molecule has 0 bridgehead atoms. The van der Waals surface area contributed by atoms with E-state index in [9.17, 15) is 4.79 Å². The second-order valence-electron chi connectivity index (χ2n) is 3.93. The van der Waals surface area contributed by atoms with E-state index in [2.05, 4.69) is 0 Å². The van der Waals surface area contributed by atoms with Gasteiger partial charge in [0.05, 0.1) is 0 Å². The van der Waals surface area contributed by atoms with E-state index < -0.39 is 5.91 Å². The normalized spacial score (nSPS) is 9.30. The number of nitriles is 2. The number of nitrogens with zero attached hydrogens (tertiary/aromatic N) is 2. The SMILES string of the molecule is N#CC(C#N)=Cc1ccc(-c2ccc(C(N)=O)cc2)o1. The van der Waals surface area contributed by atoms with Crippen molar-refractivity contribution in [1.29, 1.82) is 10.5 Å². The van der Waals surface area contributed by atoms with Crippen LogP contribution >= 0.6 is 0 Å². The molecule has 0 radical (unpaired) electrons. The molecule has 2 aromatic rings. The quantitative estimate of drug-likeness (QED) is 0.859. The zero-order valence-corrected chi connectivity index (χ0v) is 10.3. The van der Waals surface area contributed by atoms with Gasteiger partial charge in [-0.3, -0.25) is 4.79 Å². The van der Waals surface area contributed by atoms with Crippen LogP contribution in [0, 0.1) is 22.7 Å². The minimum atomic E-state index is -0.493. The Kier molecular flexibility index (Phi) is 3.65. The van der Waals surface area contributed by atoms with Gasteiger partial charge in [-0.2, -0.15) is 10.5 Å². The molecule has 1 aromatic carbocycles. The predicted molar refractivity (Wildman–Crippen MR) is 71.9 cm³/mol. The predicted octanol–water partition coefficient (Wildman–Crippen LogP) is 2.48. The first-order valence-electron chi connectivity index (χ1n) is 5.66. The number of primary amides is 1. The molecule has 0 unspecified atom stereocenters. The Morgan fingerprint density at radius 1 is 1.10 bits per heavy atom. The van der Waals surface area contributed by atoms with E-state index in [-0.39, 0.29) is 5.57 Å². The molecule has 5 nitrogen and oxygen atoms in total. The standard InChI is InChI=1S/C15H9N3O2/c16-8-10(9-17)7-13-5-6-14(20-13)11-1-3-12(4-2-11)15(18)19/h1-7H,(H2,18,19). The lowest BCUT2D eigenvalue weighted by Crippen LogP contribution is -2.10. The zero-order valence-electron chi connectivity index (χ0n) is 10.3. The van der Waals surface area contributed by atoms with E-state index in [1.54, 1.807) is 48.5 Å². The largest absolute Gasteiger partial charge is 0.457 e. The highest BCUT2D eigenvalue weighted by molar-refractivity contribution is 5.93. The Balaban J connectivity index is 2.30. The molecule has 1 amide bonds. The van der Waals surface area contributed by atoms with Crippen LogP contribution in [0.25, 0.3) is 17.4 Å². The first-order valence-corrected chi connectivity index (χ1v) is 5.66. The second kappa shape index (κ2) is 5.55. The topological polar surface area (TPSA) is 104 Å². The lowest BCUT2D eigenvalue weighted by Gasteiger charge is -1.98. The van der Waals surface area contributed by atoms with Gasteiger partial charge in [0.15, 0.2) is 0 Å². The number of carbonyl (C=O) groups is 1. The molecule has 0 aliphatic rings. The maximum atomic E-state index is 11.0. The van der Waals surface area contributed by atoms with Crippen LogP contribution in [-0.4, -0.2) is 5.91 Å². The lowest BCUT2D eigenvalue weighted by atomic mass is 10.1. The van der Waals surface area contributed by atoms with Gasteiger partial charge in [0.25, 0.3) is 0 Å². The van der Waals surface area contributed by atoms with Crippen molar-refractivity contribution in [2.24, 2.45) is 5.73 Å². The summed E-state index contributed by atoms with van der Waals surface area (Å²) in [6.45, 7) is 0. The average molecular weight is 263 g/mol. The average Bonchev–Trinajstić information content (AvgIpc) is 2.93. The molecule has 96 valence electrons. The summed E-state index contributed by atoms with van der Waals surface area (Å²) < 4.78 is 5.51. The fraction of sp³-hybridized carbons (Fsp3) is 0.